The maximum atomic E-state index is 2.45. The van der Waals surface area contributed by atoms with Gasteiger partial charge in [-0.3, -0.25) is 0 Å². The molecule has 0 unspecified atom stereocenters. The van der Waals surface area contributed by atoms with E-state index in [1.54, 1.807) is 0 Å². The van der Waals surface area contributed by atoms with E-state index in [4.69, 9.17) is 0 Å². The average molecular weight is 367 g/mol. The van der Waals surface area contributed by atoms with Crippen LogP contribution in [-0.4, -0.2) is 4.40 Å². The van der Waals surface area contributed by atoms with Crippen LogP contribution in [0.2, 0.25) is 0 Å². The Bertz CT molecular complexity index is 1690. The normalized spacial score (nSPS) is 12.1. The maximum absolute atomic E-state index is 2.45. The van der Waals surface area contributed by atoms with Gasteiger partial charge in [-0.05, 0) is 52.2 Å². The number of fused-ring (bicyclic) bond motifs is 7. The molecular weight excluding hydrogens is 350 g/mol. The van der Waals surface area contributed by atoms with Crippen molar-refractivity contribution < 1.29 is 0 Å². The van der Waals surface area contributed by atoms with Gasteiger partial charge in [0.15, 0.2) is 0 Å². The van der Waals surface area contributed by atoms with Gasteiger partial charge in [-0.2, -0.15) is 0 Å². The summed E-state index contributed by atoms with van der Waals surface area (Å²) in [5.74, 6) is 0. The van der Waals surface area contributed by atoms with Crippen LogP contribution in [0.1, 0.15) is 0 Å². The van der Waals surface area contributed by atoms with Gasteiger partial charge in [0, 0.05) is 21.5 Å². The van der Waals surface area contributed by atoms with E-state index in [9.17, 15) is 0 Å². The second kappa shape index (κ2) is 5.36. The summed E-state index contributed by atoms with van der Waals surface area (Å²) < 4.78 is 2.45. The summed E-state index contributed by atoms with van der Waals surface area (Å²) in [6.45, 7) is 0. The first-order valence-electron chi connectivity index (χ1n) is 10.0. The van der Waals surface area contributed by atoms with Gasteiger partial charge in [-0.25, -0.2) is 0 Å². The van der Waals surface area contributed by atoms with Gasteiger partial charge >= 0.3 is 0 Å². The van der Waals surface area contributed by atoms with Crippen LogP contribution in [0, 0.1) is 0 Å². The molecule has 0 N–H and O–H groups in total. The molecule has 2 aromatic heterocycles. The predicted molar refractivity (Wildman–Crippen MR) is 124 cm³/mol. The number of benzene rings is 5. The zero-order valence-electron chi connectivity index (χ0n) is 15.8. The minimum Gasteiger partial charge on any atom is -0.308 e. The molecule has 0 bridgehead atoms. The van der Waals surface area contributed by atoms with Crippen molar-refractivity contribution in [2.24, 2.45) is 0 Å². The number of para-hydroxylation sites is 1. The van der Waals surface area contributed by atoms with E-state index in [-0.39, 0.29) is 0 Å². The molecule has 0 amide bonds. The SMILES string of the molecule is c1ccc(-c2cc3c4ccccc4n4c5cc6ccccc6cc5c(c2)c34)cc1. The van der Waals surface area contributed by atoms with Gasteiger partial charge in [0.1, 0.15) is 0 Å². The minimum absolute atomic E-state index is 1.26. The molecule has 0 atom stereocenters. The second-order valence-electron chi connectivity index (χ2n) is 7.86. The van der Waals surface area contributed by atoms with Gasteiger partial charge < -0.3 is 4.40 Å². The Kier molecular flexibility index (Phi) is 2.80. The Morgan fingerprint density at radius 1 is 0.414 bits per heavy atom. The quantitative estimate of drug-likeness (QED) is 0.280. The smallest absolute Gasteiger partial charge is 0.0620 e. The minimum atomic E-state index is 1.26. The molecule has 1 heteroatoms. The summed E-state index contributed by atoms with van der Waals surface area (Å²) in [4.78, 5) is 0. The van der Waals surface area contributed by atoms with Gasteiger partial charge in [0.25, 0.3) is 0 Å². The van der Waals surface area contributed by atoms with E-state index in [1.807, 2.05) is 0 Å². The molecule has 0 aliphatic rings. The lowest BCUT2D eigenvalue weighted by molar-refractivity contribution is 1.37. The molecule has 134 valence electrons. The zero-order chi connectivity index (χ0) is 18.9. The van der Waals surface area contributed by atoms with Crippen LogP contribution in [-0.2, 0) is 0 Å². The monoisotopic (exact) mass is 367 g/mol. The third kappa shape index (κ3) is 1.94. The topological polar surface area (TPSA) is 4.41 Å². The van der Waals surface area contributed by atoms with Crippen molar-refractivity contribution in [2.75, 3.05) is 0 Å². The van der Waals surface area contributed by atoms with Gasteiger partial charge in [-0.15, -0.1) is 0 Å². The Labute approximate surface area is 167 Å². The molecule has 0 spiro atoms. The molecule has 2 heterocycles. The Morgan fingerprint density at radius 2 is 1.07 bits per heavy atom. The summed E-state index contributed by atoms with van der Waals surface area (Å²) in [6, 6.07) is 37.6. The summed E-state index contributed by atoms with van der Waals surface area (Å²) >= 11 is 0. The highest BCUT2D eigenvalue weighted by atomic mass is 14.9. The van der Waals surface area contributed by atoms with Crippen LogP contribution in [0.3, 0.4) is 0 Å². The Hall–Kier alpha value is -3.84. The van der Waals surface area contributed by atoms with E-state index in [0.29, 0.717) is 0 Å². The van der Waals surface area contributed by atoms with Crippen LogP contribution in [0.4, 0.5) is 0 Å². The van der Waals surface area contributed by atoms with Crippen molar-refractivity contribution in [3.63, 3.8) is 0 Å². The number of hydrogen-bond donors (Lipinski definition) is 0. The lowest BCUT2D eigenvalue weighted by Crippen LogP contribution is -1.80. The highest BCUT2D eigenvalue weighted by Gasteiger charge is 2.18. The molecule has 5 aromatic carbocycles. The van der Waals surface area contributed by atoms with E-state index in [0.717, 1.165) is 0 Å². The molecule has 0 aliphatic heterocycles. The van der Waals surface area contributed by atoms with Gasteiger partial charge in [0.2, 0.25) is 0 Å². The number of hydrogen-bond acceptors (Lipinski definition) is 0. The first-order valence-corrected chi connectivity index (χ1v) is 10.0. The second-order valence-corrected chi connectivity index (χ2v) is 7.86. The zero-order valence-corrected chi connectivity index (χ0v) is 15.8. The third-order valence-corrected chi connectivity index (χ3v) is 6.27. The van der Waals surface area contributed by atoms with Crippen molar-refractivity contribution in [1.82, 2.24) is 4.40 Å². The lowest BCUT2D eigenvalue weighted by atomic mass is 9.98. The highest BCUT2D eigenvalue weighted by Crippen LogP contribution is 2.42. The molecule has 29 heavy (non-hydrogen) atoms. The molecule has 7 rings (SSSR count). The van der Waals surface area contributed by atoms with Crippen molar-refractivity contribution in [3.05, 3.63) is 103 Å². The standard InChI is InChI=1S/C28H17N/c1-2-8-18(9-3-1)21-15-24-22-12-6-7-13-26(22)29-27-17-20-11-5-4-10-19(20)14-23(27)25(16-21)28(24)29/h1-17H. The fraction of sp³-hybridized carbons (Fsp3) is 0. The van der Waals surface area contributed by atoms with Crippen molar-refractivity contribution in [3.8, 4) is 11.1 Å². The predicted octanol–water partition coefficient (Wildman–Crippen LogP) is 7.66. The third-order valence-electron chi connectivity index (χ3n) is 6.27. The highest BCUT2D eigenvalue weighted by molar-refractivity contribution is 6.25. The average Bonchev–Trinajstić information content (AvgIpc) is 3.29. The van der Waals surface area contributed by atoms with Crippen LogP contribution in [0.25, 0.3) is 60.0 Å². The van der Waals surface area contributed by atoms with Gasteiger partial charge in [-0.1, -0.05) is 72.8 Å². The number of rotatable bonds is 1. The van der Waals surface area contributed by atoms with Crippen LogP contribution < -0.4 is 0 Å². The summed E-state index contributed by atoms with van der Waals surface area (Å²) in [7, 11) is 0. The molecule has 1 nitrogen and oxygen atoms in total. The summed E-state index contributed by atoms with van der Waals surface area (Å²) in [5.41, 5.74) is 6.43. The van der Waals surface area contributed by atoms with Crippen LogP contribution in [0.5, 0.6) is 0 Å². The Balaban J connectivity index is 1.77. The maximum Gasteiger partial charge on any atom is 0.0620 e. The fourth-order valence-electron chi connectivity index (χ4n) is 4.98. The van der Waals surface area contributed by atoms with E-state index in [2.05, 4.69) is 108 Å². The molecule has 0 radical (unpaired) electrons. The van der Waals surface area contributed by atoms with Gasteiger partial charge in [0.05, 0.1) is 16.6 Å². The van der Waals surface area contributed by atoms with Crippen molar-refractivity contribution in [1.29, 1.82) is 0 Å². The van der Waals surface area contributed by atoms with Crippen LogP contribution >= 0.6 is 0 Å². The molecular formula is C28H17N. The summed E-state index contributed by atoms with van der Waals surface area (Å²) in [5, 5.41) is 7.89. The molecule has 0 saturated carbocycles. The van der Waals surface area contributed by atoms with Crippen LogP contribution in [0.15, 0.2) is 103 Å². The number of aromatic nitrogens is 1. The first-order chi connectivity index (χ1) is 14.4. The van der Waals surface area contributed by atoms with E-state index < -0.39 is 0 Å². The summed E-state index contributed by atoms with van der Waals surface area (Å²) in [6.07, 6.45) is 0. The Morgan fingerprint density at radius 3 is 1.90 bits per heavy atom. The largest absolute Gasteiger partial charge is 0.308 e. The molecule has 0 aliphatic carbocycles. The number of nitrogens with zero attached hydrogens (tertiary/aromatic N) is 1. The van der Waals surface area contributed by atoms with Crippen molar-refractivity contribution >= 4 is 48.9 Å². The molecule has 7 aromatic rings. The fourth-order valence-corrected chi connectivity index (χ4v) is 4.98. The molecule has 0 saturated heterocycles. The van der Waals surface area contributed by atoms with E-state index in [1.165, 1.54) is 60.0 Å². The van der Waals surface area contributed by atoms with E-state index >= 15 is 0 Å². The first kappa shape index (κ1) is 15.1. The lowest BCUT2D eigenvalue weighted by Gasteiger charge is -2.04. The van der Waals surface area contributed by atoms with Crippen molar-refractivity contribution in [2.45, 2.75) is 0 Å². The molecule has 0 fully saturated rings.